The third kappa shape index (κ3) is 22.3. The van der Waals surface area contributed by atoms with Gasteiger partial charge in [0.1, 0.15) is 0 Å². The fourth-order valence-electron chi connectivity index (χ4n) is 2.82. The molecule has 0 aliphatic heterocycles. The quantitative estimate of drug-likeness (QED) is 0.219. The van der Waals surface area contributed by atoms with E-state index < -0.39 is 13.3 Å². The number of hydrogen-bond donors (Lipinski definition) is 2. The second-order valence-corrected chi connectivity index (χ2v) is 6.52. The van der Waals surface area contributed by atoms with Crippen LogP contribution < -0.4 is 0 Å². The third-order valence-corrected chi connectivity index (χ3v) is 4.22. The van der Waals surface area contributed by atoms with Gasteiger partial charge in [-0.05, 0) is 6.42 Å². The van der Waals surface area contributed by atoms with Crippen LogP contribution in [0.5, 0.6) is 0 Å². The molecule has 0 aliphatic rings. The Hall–Kier alpha value is 0.338. The summed E-state index contributed by atoms with van der Waals surface area (Å²) in [6.07, 6.45) is 19.5. The van der Waals surface area contributed by atoms with Crippen molar-refractivity contribution in [1.82, 2.24) is 0 Å². The molecule has 0 saturated carbocycles. The van der Waals surface area contributed by atoms with Crippen molar-refractivity contribution < 1.29 is 19.5 Å². The first-order valence-corrected chi connectivity index (χ1v) is 9.72. The van der Waals surface area contributed by atoms with E-state index in [1.54, 1.807) is 0 Å². The van der Waals surface area contributed by atoms with Gasteiger partial charge in [0.2, 0.25) is 0 Å². The minimum atomic E-state index is -1.97. The molecule has 0 rings (SSSR count). The van der Waals surface area contributed by atoms with Gasteiger partial charge in [-0.15, -0.1) is 0 Å². The Labute approximate surface area is 168 Å². The van der Waals surface area contributed by atoms with Gasteiger partial charge in [0.15, 0.2) is 0 Å². The van der Waals surface area contributed by atoms with E-state index in [4.69, 9.17) is 10.0 Å². The summed E-state index contributed by atoms with van der Waals surface area (Å²) in [5.74, 6) is -0.533. The molecular weight excluding hydrogens is 500 g/mol. The molecule has 0 fully saturated rings. The standard InChI is InChI=1S/C18H37BO4.Bi.3H/c1-2-3-4-5-6-7-8-9-10-11-12-13-14-15-16-17-18(20)23-19(21)22;;;;/h21-22H,2-17H2,1H3;;;;. The molecule has 0 aromatic rings. The van der Waals surface area contributed by atoms with E-state index in [0.29, 0.717) is 0 Å². The normalized spacial score (nSPS) is 10.3. The van der Waals surface area contributed by atoms with Gasteiger partial charge in [-0.25, -0.2) is 0 Å². The molecule has 0 heterocycles. The first-order valence-electron chi connectivity index (χ1n) is 9.72. The van der Waals surface area contributed by atoms with Gasteiger partial charge >= 0.3 is 33.5 Å². The Morgan fingerprint density at radius 2 is 1.04 bits per heavy atom. The van der Waals surface area contributed by atoms with Gasteiger partial charge in [-0.1, -0.05) is 96.8 Å². The molecule has 4 nitrogen and oxygen atoms in total. The van der Waals surface area contributed by atoms with Crippen molar-refractivity contribution in [3.8, 4) is 0 Å². The van der Waals surface area contributed by atoms with Gasteiger partial charge in [0.25, 0.3) is 5.97 Å². The van der Waals surface area contributed by atoms with E-state index in [1.165, 1.54) is 77.0 Å². The first kappa shape index (κ1) is 26.6. The molecule has 0 saturated heterocycles. The Morgan fingerprint density at radius 1 is 0.708 bits per heavy atom. The van der Waals surface area contributed by atoms with Crippen LogP contribution >= 0.6 is 0 Å². The molecular formula is C18H40BBiO4. The Bertz CT molecular complexity index is 265. The van der Waals surface area contributed by atoms with E-state index in [9.17, 15) is 4.79 Å². The zero-order chi connectivity index (χ0) is 17.2. The monoisotopic (exact) mass is 540 g/mol. The number of carbonyl (C=O) groups excluding carboxylic acids is 1. The second-order valence-electron chi connectivity index (χ2n) is 6.52. The number of hydrogen-bond acceptors (Lipinski definition) is 4. The summed E-state index contributed by atoms with van der Waals surface area (Å²) < 4.78 is 4.24. The number of carbonyl (C=O) groups is 1. The van der Waals surface area contributed by atoms with Crippen molar-refractivity contribution in [2.24, 2.45) is 0 Å². The van der Waals surface area contributed by atoms with Gasteiger partial charge in [0.05, 0.1) is 0 Å². The van der Waals surface area contributed by atoms with E-state index in [2.05, 4.69) is 11.6 Å². The van der Waals surface area contributed by atoms with Crippen LogP contribution in [-0.2, 0) is 9.45 Å². The van der Waals surface area contributed by atoms with E-state index in [1.807, 2.05) is 0 Å². The molecule has 0 radical (unpaired) electrons. The van der Waals surface area contributed by atoms with Gasteiger partial charge in [-0.2, -0.15) is 0 Å². The van der Waals surface area contributed by atoms with Crippen LogP contribution in [0.1, 0.15) is 110 Å². The zero-order valence-corrected chi connectivity index (χ0v) is 21.3. The van der Waals surface area contributed by atoms with Crippen LogP contribution in [0.3, 0.4) is 0 Å². The molecule has 0 aromatic heterocycles. The van der Waals surface area contributed by atoms with Crippen molar-refractivity contribution in [2.75, 3.05) is 0 Å². The molecule has 0 spiro atoms. The summed E-state index contributed by atoms with van der Waals surface area (Å²) in [6.45, 7) is 2.26. The van der Waals surface area contributed by atoms with Crippen LogP contribution in [-0.4, -0.2) is 49.5 Å². The Balaban J connectivity index is 0. The van der Waals surface area contributed by atoms with Crippen LogP contribution in [0, 0.1) is 0 Å². The van der Waals surface area contributed by atoms with Crippen molar-refractivity contribution in [3.05, 3.63) is 0 Å². The summed E-state index contributed by atoms with van der Waals surface area (Å²) >= 11 is 0. The first-order chi connectivity index (χ1) is 11.2. The minimum absolute atomic E-state index is 0. The molecule has 0 aromatic carbocycles. The van der Waals surface area contributed by atoms with Crippen molar-refractivity contribution in [3.63, 3.8) is 0 Å². The fourth-order valence-corrected chi connectivity index (χ4v) is 2.82. The maximum absolute atomic E-state index is 11.0. The Kier molecular flexibility index (Phi) is 23.7. The van der Waals surface area contributed by atoms with Gasteiger partial charge in [0, 0.05) is 6.42 Å². The molecule has 0 bridgehead atoms. The molecule has 0 amide bonds. The van der Waals surface area contributed by atoms with Crippen LogP contribution in [0.4, 0.5) is 0 Å². The predicted molar refractivity (Wildman–Crippen MR) is 106 cm³/mol. The molecule has 0 aliphatic carbocycles. The molecule has 6 heteroatoms. The second kappa shape index (κ2) is 21.4. The summed E-state index contributed by atoms with van der Waals surface area (Å²) in [5, 5.41) is 16.9. The van der Waals surface area contributed by atoms with E-state index >= 15 is 0 Å². The third-order valence-electron chi connectivity index (χ3n) is 4.22. The molecule has 0 atom stereocenters. The number of rotatable bonds is 17. The topological polar surface area (TPSA) is 66.8 Å². The maximum atomic E-state index is 11.0. The number of unbranched alkanes of at least 4 members (excludes halogenated alkanes) is 14. The van der Waals surface area contributed by atoms with Crippen molar-refractivity contribution in [1.29, 1.82) is 0 Å². The molecule has 144 valence electrons. The van der Waals surface area contributed by atoms with Gasteiger partial charge < -0.3 is 14.7 Å². The summed E-state index contributed by atoms with van der Waals surface area (Å²) in [4.78, 5) is 11.0. The average molecular weight is 540 g/mol. The SMILES string of the molecule is CCCCCCCCCCCCCCCCCC(=O)OB(O)O.[BiH3]. The molecule has 24 heavy (non-hydrogen) atoms. The van der Waals surface area contributed by atoms with Crippen molar-refractivity contribution >= 4 is 39.5 Å². The summed E-state index contributed by atoms with van der Waals surface area (Å²) in [6, 6.07) is 0. The van der Waals surface area contributed by atoms with Gasteiger partial charge in [-0.3, -0.25) is 4.79 Å². The zero-order valence-electron chi connectivity index (χ0n) is 15.8. The average Bonchev–Trinajstić information content (AvgIpc) is 2.50. The Morgan fingerprint density at radius 3 is 1.38 bits per heavy atom. The summed E-state index contributed by atoms with van der Waals surface area (Å²) in [5.41, 5.74) is 0. The fraction of sp³-hybridized carbons (Fsp3) is 0.944. The molecule has 0 unspecified atom stereocenters. The van der Waals surface area contributed by atoms with Crippen LogP contribution in [0.25, 0.3) is 0 Å². The van der Waals surface area contributed by atoms with E-state index in [-0.39, 0.29) is 32.6 Å². The van der Waals surface area contributed by atoms with E-state index in [0.717, 1.165) is 19.3 Å². The summed E-state index contributed by atoms with van der Waals surface area (Å²) in [7, 11) is -1.97. The van der Waals surface area contributed by atoms with Crippen molar-refractivity contribution in [2.45, 2.75) is 110 Å². The molecule has 2 N–H and O–H groups in total. The predicted octanol–water partition coefficient (Wildman–Crippen LogP) is 3.58. The van der Waals surface area contributed by atoms with Crippen LogP contribution in [0.2, 0.25) is 0 Å². The van der Waals surface area contributed by atoms with Crippen LogP contribution in [0.15, 0.2) is 0 Å².